The number of benzene rings is 5. The molecule has 0 saturated carbocycles. The number of guanidine groups is 1. The molecule has 5 aromatic carbocycles. The average molecular weight is 674 g/mol. The smallest absolute Gasteiger partial charge is 0.338 e. The lowest BCUT2D eigenvalue weighted by Gasteiger charge is -2.20. The molecule has 10 heteroatoms. The monoisotopic (exact) mass is 673 g/mol. The van der Waals surface area contributed by atoms with Crippen molar-refractivity contribution in [2.75, 3.05) is 32.2 Å². The van der Waals surface area contributed by atoms with Crippen LogP contribution in [-0.4, -0.2) is 50.5 Å². The summed E-state index contributed by atoms with van der Waals surface area (Å²) in [5, 5.41) is 6.78. The zero-order chi connectivity index (χ0) is 35.5. The van der Waals surface area contributed by atoms with Crippen molar-refractivity contribution in [1.29, 1.82) is 0 Å². The number of carbonyl (C=O) groups is 3. The molecule has 0 saturated heterocycles. The molecule has 0 unspecified atom stereocenters. The van der Waals surface area contributed by atoms with Gasteiger partial charge in [0.1, 0.15) is 24.7 Å². The Morgan fingerprint density at radius 1 is 0.840 bits per heavy atom. The van der Waals surface area contributed by atoms with Crippen molar-refractivity contribution in [2.24, 2.45) is 17.4 Å². The number of anilines is 1. The van der Waals surface area contributed by atoms with E-state index in [1.807, 2.05) is 72.8 Å². The second-order valence-corrected chi connectivity index (χ2v) is 11.7. The van der Waals surface area contributed by atoms with E-state index in [9.17, 15) is 14.4 Å². The summed E-state index contributed by atoms with van der Waals surface area (Å²) < 4.78 is 17.3. The van der Waals surface area contributed by atoms with Crippen LogP contribution in [0.4, 0.5) is 5.69 Å². The van der Waals surface area contributed by atoms with E-state index in [1.54, 1.807) is 24.3 Å². The van der Waals surface area contributed by atoms with Gasteiger partial charge in [-0.15, -0.1) is 0 Å². The summed E-state index contributed by atoms with van der Waals surface area (Å²) >= 11 is 0. The number of fused-ring (bicyclic) bond motifs is 2. The topological polar surface area (TPSA) is 157 Å². The van der Waals surface area contributed by atoms with Gasteiger partial charge in [0.05, 0.1) is 19.2 Å². The molecule has 0 aliphatic carbocycles. The van der Waals surface area contributed by atoms with Crippen molar-refractivity contribution in [2.45, 2.75) is 19.3 Å². The molecule has 0 aliphatic heterocycles. The molecule has 0 aliphatic rings. The molecule has 0 aromatic heterocycles. The first-order valence-corrected chi connectivity index (χ1v) is 16.3. The van der Waals surface area contributed by atoms with Gasteiger partial charge in [0, 0.05) is 29.2 Å². The molecule has 1 amide bonds. The summed E-state index contributed by atoms with van der Waals surface area (Å²) in [6.07, 6.45) is 2.51. The van der Waals surface area contributed by atoms with Crippen LogP contribution in [-0.2, 0) is 14.3 Å². The van der Waals surface area contributed by atoms with Crippen molar-refractivity contribution in [3.05, 3.63) is 115 Å². The highest BCUT2D eigenvalue weighted by atomic mass is 16.5. The maximum Gasteiger partial charge on any atom is 0.338 e. The van der Waals surface area contributed by atoms with Gasteiger partial charge in [-0.25, -0.2) is 4.79 Å². The third-order valence-electron chi connectivity index (χ3n) is 8.23. The minimum atomic E-state index is -0.693. The number of amides is 1. The number of methoxy groups -OCH3 is 1. The Balaban J connectivity index is 1.42. The first-order chi connectivity index (χ1) is 24.3. The van der Waals surface area contributed by atoms with Gasteiger partial charge in [-0.05, 0) is 64.7 Å². The van der Waals surface area contributed by atoms with Gasteiger partial charge in [-0.3, -0.25) is 26.0 Å². The number of hydrogen-bond acceptors (Lipinski definition) is 6. The number of ketones is 1. The summed E-state index contributed by atoms with van der Waals surface area (Å²) in [6, 6.07) is 30.2. The van der Waals surface area contributed by atoms with E-state index in [1.165, 1.54) is 13.2 Å². The van der Waals surface area contributed by atoms with Crippen LogP contribution in [0, 0.1) is 5.92 Å². The second kappa shape index (κ2) is 16.8. The van der Waals surface area contributed by atoms with E-state index >= 15 is 0 Å². The van der Waals surface area contributed by atoms with E-state index in [0.29, 0.717) is 48.7 Å². The molecule has 0 bridgehead atoms. The molecule has 5 rings (SSSR count). The fourth-order valence-corrected chi connectivity index (χ4v) is 5.89. The van der Waals surface area contributed by atoms with Gasteiger partial charge in [-0.1, -0.05) is 79.4 Å². The van der Waals surface area contributed by atoms with Gasteiger partial charge in [0.2, 0.25) is 5.91 Å². The fourth-order valence-electron chi connectivity index (χ4n) is 5.89. The number of hydrogen-bond donors (Lipinski definition) is 4. The van der Waals surface area contributed by atoms with E-state index in [4.69, 9.17) is 25.7 Å². The highest BCUT2D eigenvalue weighted by Gasteiger charge is 2.24. The number of esters is 1. The largest absolute Gasteiger partial charge is 0.489 e. The lowest BCUT2D eigenvalue weighted by molar-refractivity contribution is -0.459. The van der Waals surface area contributed by atoms with Crippen LogP contribution >= 0.6 is 0 Å². The number of nitrogens with two attached hydrogens (primary N) is 2. The highest BCUT2D eigenvalue weighted by Crippen LogP contribution is 2.45. The standard InChI is InChI=1S/C40H40N4O6/c1-3-22-49-34-19-17-26-10-4-6-15-32(26)36(34)37-33-16-7-5-11-27(33)18-20-35(37)50-25-31(45)24-28(13-9-21-43-40(41)42)38(46)44-30-14-8-12-29(23-30)39(47)48-2/h3-8,10-12,14-20,23,28H,1,9,13,21-22,24-25H2,2H3,(H,44,46)(H4,41,42,43)/p+1/t28-/m0/s1. The van der Waals surface area contributed by atoms with Gasteiger partial charge in [0.15, 0.2) is 5.78 Å². The molecule has 0 fully saturated rings. The van der Waals surface area contributed by atoms with E-state index < -0.39 is 11.9 Å². The Morgan fingerprint density at radius 2 is 1.48 bits per heavy atom. The van der Waals surface area contributed by atoms with Crippen LogP contribution in [0.2, 0.25) is 0 Å². The van der Waals surface area contributed by atoms with Gasteiger partial charge in [0.25, 0.3) is 0 Å². The van der Waals surface area contributed by atoms with Gasteiger partial charge < -0.3 is 19.5 Å². The number of carbonyl (C=O) groups excluding carboxylic acids is 3. The maximum atomic E-state index is 13.6. The number of nitrogens with one attached hydrogen (secondary N) is 2. The molecule has 6 N–H and O–H groups in total. The summed E-state index contributed by atoms with van der Waals surface area (Å²) in [5.41, 5.74) is 13.4. The molecule has 0 heterocycles. The lowest BCUT2D eigenvalue weighted by atomic mass is 9.92. The first kappa shape index (κ1) is 35.2. The summed E-state index contributed by atoms with van der Waals surface area (Å²) in [5.74, 6) is -0.596. The quantitative estimate of drug-likeness (QED) is 0.0385. The molecule has 1 atom stereocenters. The van der Waals surface area contributed by atoms with Gasteiger partial charge in [-0.2, -0.15) is 0 Å². The van der Waals surface area contributed by atoms with E-state index in [-0.39, 0.29) is 30.7 Å². The zero-order valence-electron chi connectivity index (χ0n) is 27.9. The van der Waals surface area contributed by atoms with Crippen LogP contribution in [0.25, 0.3) is 32.7 Å². The molecule has 256 valence electrons. The summed E-state index contributed by atoms with van der Waals surface area (Å²) in [7, 11) is 1.29. The number of rotatable bonds is 16. The summed E-state index contributed by atoms with van der Waals surface area (Å²) in [4.78, 5) is 42.0. The van der Waals surface area contributed by atoms with E-state index in [2.05, 4.69) is 16.9 Å². The Labute approximate surface area is 290 Å². The lowest BCUT2D eigenvalue weighted by Crippen LogP contribution is -2.78. The molecule has 10 nitrogen and oxygen atoms in total. The predicted molar refractivity (Wildman–Crippen MR) is 196 cm³/mol. The van der Waals surface area contributed by atoms with Crippen LogP contribution in [0.5, 0.6) is 11.5 Å². The fraction of sp³-hybridized carbons (Fsp3) is 0.200. The minimum Gasteiger partial charge on any atom is -0.489 e. The average Bonchev–Trinajstić information content (AvgIpc) is 3.13. The molecular weight excluding hydrogens is 632 g/mol. The van der Waals surface area contributed by atoms with Crippen molar-refractivity contribution < 1.29 is 33.6 Å². The number of ether oxygens (including phenoxy) is 3. The first-order valence-electron chi connectivity index (χ1n) is 16.3. The van der Waals surface area contributed by atoms with Crippen molar-refractivity contribution in [1.82, 2.24) is 0 Å². The summed E-state index contributed by atoms with van der Waals surface area (Å²) in [6.45, 7) is 4.29. The van der Waals surface area contributed by atoms with E-state index in [0.717, 1.165) is 32.7 Å². The van der Waals surface area contributed by atoms with Crippen molar-refractivity contribution in [3.63, 3.8) is 0 Å². The van der Waals surface area contributed by atoms with Crippen molar-refractivity contribution in [3.8, 4) is 22.6 Å². The Morgan fingerprint density at radius 3 is 2.10 bits per heavy atom. The second-order valence-electron chi connectivity index (χ2n) is 11.7. The van der Waals surface area contributed by atoms with Crippen LogP contribution < -0.4 is 31.3 Å². The zero-order valence-corrected chi connectivity index (χ0v) is 27.9. The van der Waals surface area contributed by atoms with Crippen LogP contribution in [0.15, 0.2) is 110 Å². The Bertz CT molecular complexity index is 2050. The Hall–Kier alpha value is -6.16. The van der Waals surface area contributed by atoms with Crippen LogP contribution in [0.3, 0.4) is 0 Å². The number of Topliss-reactive ketones (excluding diaryl/α,β-unsaturated/α-hetero) is 1. The van der Waals surface area contributed by atoms with Crippen LogP contribution in [0.1, 0.15) is 29.6 Å². The molecule has 5 aromatic rings. The molecular formula is C40H41N4O6+. The third-order valence-corrected chi connectivity index (χ3v) is 8.23. The predicted octanol–water partition coefficient (Wildman–Crippen LogP) is 4.74. The normalized spacial score (nSPS) is 11.4. The minimum absolute atomic E-state index is 0.0742. The highest BCUT2D eigenvalue weighted by molar-refractivity contribution is 6.10. The molecule has 0 radical (unpaired) electrons. The third kappa shape index (κ3) is 8.65. The molecule has 0 spiro atoms. The van der Waals surface area contributed by atoms with Crippen molar-refractivity contribution >= 4 is 50.9 Å². The molecule has 50 heavy (non-hydrogen) atoms. The maximum absolute atomic E-state index is 13.6. The SMILES string of the molecule is C=CCOc1ccc2ccccc2c1-c1c(OCC(=O)C[C@H](CCC[NH+]=C(N)N)C(=O)Nc2cccc(C(=O)OC)c2)ccc2ccccc12. The van der Waals surface area contributed by atoms with Gasteiger partial charge >= 0.3 is 11.9 Å². The Kier molecular flexibility index (Phi) is 11.8.